The molecular formula is C15H25N3O5S2. The maximum absolute atomic E-state index is 12.1. The number of hydrogen-bond donors (Lipinski definition) is 2. The van der Waals surface area contributed by atoms with E-state index in [0.29, 0.717) is 19.5 Å². The molecule has 0 aliphatic carbocycles. The van der Waals surface area contributed by atoms with Gasteiger partial charge in [0.25, 0.3) is 5.91 Å². The number of rotatable bonds is 10. The predicted molar refractivity (Wildman–Crippen MR) is 96.3 cm³/mol. The topological polar surface area (TPSA) is 113 Å². The van der Waals surface area contributed by atoms with Crippen molar-refractivity contribution in [3.05, 3.63) is 29.8 Å². The molecule has 0 spiro atoms. The summed E-state index contributed by atoms with van der Waals surface area (Å²) in [5, 5.41) is 2.66. The summed E-state index contributed by atoms with van der Waals surface area (Å²) in [4.78, 5) is 12.2. The Kier molecular flexibility index (Phi) is 8.00. The molecule has 10 heteroatoms. The van der Waals surface area contributed by atoms with Gasteiger partial charge in [0.2, 0.25) is 20.0 Å². The number of amides is 1. The smallest absolute Gasteiger partial charge is 0.251 e. The van der Waals surface area contributed by atoms with E-state index >= 15 is 0 Å². The quantitative estimate of drug-likeness (QED) is 0.560. The first-order valence-electron chi connectivity index (χ1n) is 7.95. The van der Waals surface area contributed by atoms with Crippen molar-refractivity contribution in [2.24, 2.45) is 0 Å². The van der Waals surface area contributed by atoms with Crippen molar-refractivity contribution in [2.75, 3.05) is 32.4 Å². The molecule has 0 aromatic heterocycles. The molecule has 1 amide bonds. The van der Waals surface area contributed by atoms with Crippen molar-refractivity contribution in [1.82, 2.24) is 14.3 Å². The predicted octanol–water partition coefficient (Wildman–Crippen LogP) is 0.386. The third kappa shape index (κ3) is 6.73. The number of benzene rings is 1. The third-order valence-electron chi connectivity index (χ3n) is 3.43. The highest BCUT2D eigenvalue weighted by atomic mass is 32.2. The molecule has 1 aromatic rings. The third-order valence-corrected chi connectivity index (χ3v) is 6.35. The summed E-state index contributed by atoms with van der Waals surface area (Å²) in [5.41, 5.74) is 0.231. The molecule has 0 saturated carbocycles. The monoisotopic (exact) mass is 391 g/mol. The zero-order valence-electron chi connectivity index (χ0n) is 14.6. The van der Waals surface area contributed by atoms with Crippen LogP contribution >= 0.6 is 0 Å². The van der Waals surface area contributed by atoms with Gasteiger partial charge in [0.1, 0.15) is 0 Å². The van der Waals surface area contributed by atoms with E-state index in [1.54, 1.807) is 13.8 Å². The number of nitrogens with zero attached hydrogens (tertiary/aromatic N) is 1. The summed E-state index contributed by atoms with van der Waals surface area (Å²) < 4.78 is 50.6. The molecule has 0 aliphatic rings. The molecule has 0 fully saturated rings. The average molecular weight is 392 g/mol. The molecule has 0 unspecified atom stereocenters. The summed E-state index contributed by atoms with van der Waals surface area (Å²) >= 11 is 0. The van der Waals surface area contributed by atoms with Gasteiger partial charge in [0.05, 0.1) is 11.2 Å². The minimum absolute atomic E-state index is 0.0243. The van der Waals surface area contributed by atoms with Crippen LogP contribution < -0.4 is 10.0 Å². The number of carbonyl (C=O) groups excluding carboxylic acids is 1. The highest BCUT2D eigenvalue weighted by Crippen LogP contribution is 2.11. The first-order chi connectivity index (χ1) is 11.6. The molecule has 0 heterocycles. The van der Waals surface area contributed by atoms with Crippen LogP contribution in [-0.4, -0.2) is 59.5 Å². The van der Waals surface area contributed by atoms with Crippen molar-refractivity contribution >= 4 is 26.0 Å². The van der Waals surface area contributed by atoms with Gasteiger partial charge in [-0.05, 0) is 24.6 Å². The lowest BCUT2D eigenvalue weighted by Gasteiger charge is -2.17. The lowest BCUT2D eigenvalue weighted by Crippen LogP contribution is -2.33. The molecule has 0 bridgehead atoms. The minimum atomic E-state index is -3.63. The van der Waals surface area contributed by atoms with Crippen molar-refractivity contribution < 1.29 is 21.6 Å². The number of carbonyl (C=O) groups is 1. The highest BCUT2D eigenvalue weighted by molar-refractivity contribution is 7.89. The summed E-state index contributed by atoms with van der Waals surface area (Å²) in [7, 11) is -6.87. The largest absolute Gasteiger partial charge is 0.352 e. The fourth-order valence-electron chi connectivity index (χ4n) is 2.20. The molecule has 1 rings (SSSR count). The van der Waals surface area contributed by atoms with Crippen molar-refractivity contribution in [2.45, 2.75) is 25.2 Å². The Morgan fingerprint density at radius 1 is 1.16 bits per heavy atom. The second-order valence-electron chi connectivity index (χ2n) is 5.39. The fraction of sp³-hybridized carbons (Fsp3) is 0.533. The Bertz CT molecular complexity index is 791. The molecule has 142 valence electrons. The molecule has 0 saturated heterocycles. The van der Waals surface area contributed by atoms with E-state index in [1.165, 1.54) is 28.6 Å². The van der Waals surface area contributed by atoms with Crippen LogP contribution in [0, 0.1) is 0 Å². The van der Waals surface area contributed by atoms with Crippen LogP contribution in [0.15, 0.2) is 29.2 Å². The first kappa shape index (κ1) is 21.6. The molecule has 2 N–H and O–H groups in total. The maximum Gasteiger partial charge on any atom is 0.251 e. The Labute approximate surface area is 149 Å². The maximum atomic E-state index is 12.1. The lowest BCUT2D eigenvalue weighted by molar-refractivity contribution is 0.0952. The normalized spacial score (nSPS) is 12.3. The second-order valence-corrected chi connectivity index (χ2v) is 9.14. The standard InChI is InChI=1S/C15H25N3O5S2/c1-4-17-25(22,23)14-9-6-8-13(12-14)15(19)16-10-7-11-18(5-2)24(3,20)21/h6,8-9,12,17H,4-5,7,10-11H2,1-3H3,(H,16,19). The van der Waals surface area contributed by atoms with Crippen molar-refractivity contribution in [1.29, 1.82) is 0 Å². The Morgan fingerprint density at radius 2 is 1.84 bits per heavy atom. The van der Waals surface area contributed by atoms with Gasteiger partial charge in [-0.3, -0.25) is 4.79 Å². The van der Waals surface area contributed by atoms with E-state index in [1.807, 2.05) is 0 Å². The number of nitrogens with one attached hydrogen (secondary N) is 2. The number of sulfonamides is 2. The van der Waals surface area contributed by atoms with Crippen molar-refractivity contribution in [3.8, 4) is 0 Å². The van der Waals surface area contributed by atoms with E-state index in [4.69, 9.17) is 0 Å². The summed E-state index contributed by atoms with van der Waals surface area (Å²) in [5.74, 6) is -0.407. The van der Waals surface area contributed by atoms with Gasteiger partial charge >= 0.3 is 0 Å². The Hall–Kier alpha value is -1.49. The Morgan fingerprint density at radius 3 is 2.40 bits per heavy atom. The molecule has 0 radical (unpaired) electrons. The van der Waals surface area contributed by atoms with Gasteiger partial charge < -0.3 is 5.32 Å². The molecule has 0 atom stereocenters. The Balaban J connectivity index is 2.64. The van der Waals surface area contributed by atoms with Crippen LogP contribution in [0.25, 0.3) is 0 Å². The summed E-state index contributed by atoms with van der Waals surface area (Å²) in [6.45, 7) is 4.64. The van der Waals surface area contributed by atoms with Gasteiger partial charge in [-0.2, -0.15) is 0 Å². The van der Waals surface area contributed by atoms with E-state index in [-0.39, 0.29) is 23.5 Å². The zero-order chi connectivity index (χ0) is 19.1. The molecule has 1 aromatic carbocycles. The summed E-state index contributed by atoms with van der Waals surface area (Å²) in [6, 6.07) is 5.75. The van der Waals surface area contributed by atoms with E-state index < -0.39 is 26.0 Å². The number of hydrogen-bond acceptors (Lipinski definition) is 5. The van der Waals surface area contributed by atoms with Gasteiger partial charge in [0, 0.05) is 31.7 Å². The van der Waals surface area contributed by atoms with Crippen molar-refractivity contribution in [3.63, 3.8) is 0 Å². The molecule has 8 nitrogen and oxygen atoms in total. The van der Waals surface area contributed by atoms with Gasteiger partial charge in [-0.25, -0.2) is 25.9 Å². The van der Waals surface area contributed by atoms with E-state index in [2.05, 4.69) is 10.0 Å². The summed E-state index contributed by atoms with van der Waals surface area (Å²) in [6.07, 6.45) is 1.60. The van der Waals surface area contributed by atoms with Crippen LogP contribution in [-0.2, 0) is 20.0 Å². The zero-order valence-corrected chi connectivity index (χ0v) is 16.3. The van der Waals surface area contributed by atoms with Crippen LogP contribution in [0.1, 0.15) is 30.6 Å². The average Bonchev–Trinajstić information content (AvgIpc) is 2.53. The van der Waals surface area contributed by atoms with E-state index in [0.717, 1.165) is 6.26 Å². The van der Waals surface area contributed by atoms with Crippen LogP contribution in [0.4, 0.5) is 0 Å². The van der Waals surface area contributed by atoms with Crippen LogP contribution in [0.5, 0.6) is 0 Å². The lowest BCUT2D eigenvalue weighted by atomic mass is 10.2. The highest BCUT2D eigenvalue weighted by Gasteiger charge is 2.16. The van der Waals surface area contributed by atoms with Gasteiger partial charge in [0.15, 0.2) is 0 Å². The minimum Gasteiger partial charge on any atom is -0.352 e. The first-order valence-corrected chi connectivity index (χ1v) is 11.3. The van der Waals surface area contributed by atoms with Crippen LogP contribution in [0.3, 0.4) is 0 Å². The SMILES string of the molecule is CCNS(=O)(=O)c1cccc(C(=O)NCCCN(CC)S(C)(=O)=O)c1. The van der Waals surface area contributed by atoms with E-state index in [9.17, 15) is 21.6 Å². The second kappa shape index (κ2) is 9.27. The molecule has 25 heavy (non-hydrogen) atoms. The van der Waals surface area contributed by atoms with Gasteiger partial charge in [-0.1, -0.05) is 19.9 Å². The fourth-order valence-corrected chi connectivity index (χ4v) is 4.21. The molecular weight excluding hydrogens is 366 g/mol. The van der Waals surface area contributed by atoms with Crippen LogP contribution in [0.2, 0.25) is 0 Å². The van der Waals surface area contributed by atoms with Gasteiger partial charge in [-0.15, -0.1) is 0 Å². The molecule has 0 aliphatic heterocycles.